The fourth-order valence-corrected chi connectivity index (χ4v) is 3.96. The summed E-state index contributed by atoms with van der Waals surface area (Å²) < 4.78 is 6.44. The van der Waals surface area contributed by atoms with Gasteiger partial charge in [-0.25, -0.2) is 0 Å². The maximum absolute atomic E-state index is 11.5. The largest absolute Gasteiger partial charge is 0.507 e. The van der Waals surface area contributed by atoms with E-state index < -0.39 is 5.72 Å². The Hall–Kier alpha value is -2.75. The van der Waals surface area contributed by atoms with Gasteiger partial charge < -0.3 is 14.7 Å². The summed E-state index contributed by atoms with van der Waals surface area (Å²) in [5, 5.41) is 10.0. The number of hydrogen-bond acceptors (Lipinski definition) is 4. The third-order valence-corrected chi connectivity index (χ3v) is 5.40. The Bertz CT molecular complexity index is 884. The number of nitrogens with zero attached hydrogens (tertiary/aromatic N) is 1. The van der Waals surface area contributed by atoms with Crippen molar-refractivity contribution >= 4 is 18.0 Å². The number of anilines is 1. The number of phenols is 1. The summed E-state index contributed by atoms with van der Waals surface area (Å²) in [6.45, 7) is 4.27. The molecule has 0 saturated heterocycles. The number of hydrogen-bond donors (Lipinski definition) is 1. The van der Waals surface area contributed by atoms with Gasteiger partial charge in [0.05, 0.1) is 11.0 Å². The first kappa shape index (κ1) is 14.8. The summed E-state index contributed by atoms with van der Waals surface area (Å²) in [6, 6.07) is 11.5. The van der Waals surface area contributed by atoms with Crippen LogP contribution < -0.4 is 9.64 Å². The van der Waals surface area contributed by atoms with Crippen LogP contribution in [0.4, 0.5) is 5.69 Å². The molecular weight excluding hydrogens is 302 g/mol. The second-order valence-corrected chi connectivity index (χ2v) is 6.87. The summed E-state index contributed by atoms with van der Waals surface area (Å²) in [6.07, 6.45) is 4.66. The number of carbonyl (C=O) groups excluding carboxylic acids is 1. The Labute approximate surface area is 141 Å². The molecule has 4 nitrogen and oxygen atoms in total. The number of likely N-dealkylation sites (N-methyl/N-ethyl adjacent to an activating group) is 1. The van der Waals surface area contributed by atoms with E-state index in [2.05, 4.69) is 30.9 Å². The third kappa shape index (κ3) is 1.60. The van der Waals surface area contributed by atoms with Crippen molar-refractivity contribution in [3.63, 3.8) is 0 Å². The summed E-state index contributed by atoms with van der Waals surface area (Å²) in [4.78, 5) is 13.6. The van der Waals surface area contributed by atoms with Crippen molar-refractivity contribution in [2.75, 3.05) is 11.9 Å². The molecule has 2 aliphatic heterocycles. The Morgan fingerprint density at radius 1 is 1.17 bits per heavy atom. The molecule has 0 aliphatic carbocycles. The first-order valence-electron chi connectivity index (χ1n) is 7.95. The highest BCUT2D eigenvalue weighted by Crippen LogP contribution is 2.54. The first-order chi connectivity index (χ1) is 11.4. The van der Waals surface area contributed by atoms with Gasteiger partial charge in [-0.2, -0.15) is 0 Å². The standard InChI is InChI=1S/C20H19NO3/c1-19(2)15-6-4-5-7-16(15)21(3)20(19)11-10-13-8-9-17(23)14(12-22)18(13)24-20/h4-12,23H,1-3H3. The van der Waals surface area contributed by atoms with Crippen LogP contribution in [0.15, 0.2) is 42.5 Å². The summed E-state index contributed by atoms with van der Waals surface area (Å²) in [5.74, 6) is 0.366. The minimum Gasteiger partial charge on any atom is -0.507 e. The molecule has 0 fully saturated rings. The molecule has 2 aliphatic rings. The molecule has 1 unspecified atom stereocenters. The van der Waals surface area contributed by atoms with Crippen LogP contribution in [0.25, 0.3) is 6.08 Å². The summed E-state index contributed by atoms with van der Waals surface area (Å²) >= 11 is 0. The van der Waals surface area contributed by atoms with E-state index in [1.165, 1.54) is 11.6 Å². The van der Waals surface area contributed by atoms with E-state index >= 15 is 0 Å². The lowest BCUT2D eigenvalue weighted by Gasteiger charge is -2.46. The van der Waals surface area contributed by atoms with Gasteiger partial charge >= 0.3 is 0 Å². The van der Waals surface area contributed by atoms with Crippen molar-refractivity contribution in [2.24, 2.45) is 0 Å². The Morgan fingerprint density at radius 2 is 1.92 bits per heavy atom. The number of rotatable bonds is 1. The minimum atomic E-state index is -0.755. The molecule has 0 amide bonds. The number of carbonyl (C=O) groups is 1. The Morgan fingerprint density at radius 3 is 2.62 bits per heavy atom. The van der Waals surface area contributed by atoms with Gasteiger partial charge in [0.25, 0.3) is 0 Å². The van der Waals surface area contributed by atoms with Crippen LogP contribution >= 0.6 is 0 Å². The lowest BCUT2D eigenvalue weighted by molar-refractivity contribution is 0.0569. The molecular formula is C20H19NO3. The molecule has 0 radical (unpaired) electrons. The molecule has 24 heavy (non-hydrogen) atoms. The zero-order valence-corrected chi connectivity index (χ0v) is 13.9. The van der Waals surface area contributed by atoms with Crippen LogP contribution in [0.3, 0.4) is 0 Å². The molecule has 0 bridgehead atoms. The minimum absolute atomic E-state index is 0.0647. The van der Waals surface area contributed by atoms with Crippen LogP contribution in [0, 0.1) is 0 Å². The second-order valence-electron chi connectivity index (χ2n) is 6.87. The monoisotopic (exact) mass is 321 g/mol. The highest BCUT2D eigenvalue weighted by atomic mass is 16.5. The zero-order valence-electron chi connectivity index (χ0n) is 13.9. The molecule has 0 aromatic heterocycles. The quantitative estimate of drug-likeness (QED) is 0.813. The molecule has 2 aromatic carbocycles. The van der Waals surface area contributed by atoms with Gasteiger partial charge in [-0.3, -0.25) is 4.79 Å². The molecule has 1 atom stereocenters. The van der Waals surface area contributed by atoms with E-state index in [1.807, 2.05) is 31.3 Å². The number of aldehydes is 1. The fraction of sp³-hybridized carbons (Fsp3) is 0.250. The highest BCUT2D eigenvalue weighted by Gasteiger charge is 2.57. The van der Waals surface area contributed by atoms with Crippen LogP contribution in [-0.2, 0) is 5.41 Å². The third-order valence-electron chi connectivity index (χ3n) is 5.40. The van der Waals surface area contributed by atoms with Crippen LogP contribution in [-0.4, -0.2) is 24.2 Å². The molecule has 4 rings (SSSR count). The van der Waals surface area contributed by atoms with Gasteiger partial charge in [-0.1, -0.05) is 18.2 Å². The molecule has 1 spiro atoms. The van der Waals surface area contributed by atoms with E-state index in [0.717, 1.165) is 11.3 Å². The SMILES string of the molecule is CN1c2ccccc2C(C)(C)C12C=Cc1ccc(O)c(C=O)c1O2. The van der Waals surface area contributed by atoms with Gasteiger partial charge in [0, 0.05) is 18.3 Å². The average Bonchev–Trinajstić information content (AvgIpc) is 2.74. The van der Waals surface area contributed by atoms with Crippen LogP contribution in [0.1, 0.15) is 35.3 Å². The smallest absolute Gasteiger partial charge is 0.211 e. The molecule has 1 N–H and O–H groups in total. The molecule has 2 aromatic rings. The predicted octanol–water partition coefficient (Wildman–Crippen LogP) is 3.73. The number of fused-ring (bicyclic) bond motifs is 2. The van der Waals surface area contributed by atoms with Crippen molar-refractivity contribution in [2.45, 2.75) is 25.0 Å². The predicted molar refractivity (Wildman–Crippen MR) is 93.8 cm³/mol. The maximum Gasteiger partial charge on any atom is 0.211 e. The van der Waals surface area contributed by atoms with Crippen LogP contribution in [0.5, 0.6) is 11.5 Å². The van der Waals surface area contributed by atoms with Crippen LogP contribution in [0.2, 0.25) is 0 Å². The lowest BCUT2D eigenvalue weighted by Crippen LogP contribution is -2.58. The zero-order chi connectivity index (χ0) is 17.1. The second kappa shape index (κ2) is 4.63. The van der Waals surface area contributed by atoms with E-state index in [-0.39, 0.29) is 16.7 Å². The normalized spacial score (nSPS) is 22.9. The van der Waals surface area contributed by atoms with Gasteiger partial charge in [0.15, 0.2) is 6.29 Å². The number of aromatic hydroxyl groups is 1. The van der Waals surface area contributed by atoms with Gasteiger partial charge in [0.1, 0.15) is 11.5 Å². The summed E-state index contributed by atoms with van der Waals surface area (Å²) in [5.41, 5.74) is 2.18. The number of para-hydroxylation sites is 1. The van der Waals surface area contributed by atoms with E-state index in [1.54, 1.807) is 6.07 Å². The summed E-state index contributed by atoms with van der Waals surface area (Å²) in [7, 11) is 1.99. The van der Waals surface area contributed by atoms with E-state index in [9.17, 15) is 9.90 Å². The molecule has 4 heteroatoms. The van der Waals surface area contributed by atoms with Crippen molar-refractivity contribution < 1.29 is 14.6 Å². The molecule has 2 heterocycles. The first-order valence-corrected chi connectivity index (χ1v) is 7.95. The topological polar surface area (TPSA) is 49.8 Å². The van der Waals surface area contributed by atoms with Crippen molar-refractivity contribution in [1.29, 1.82) is 0 Å². The Kier molecular flexibility index (Phi) is 2.86. The van der Waals surface area contributed by atoms with Gasteiger partial charge in [0.2, 0.25) is 5.72 Å². The van der Waals surface area contributed by atoms with Crippen molar-refractivity contribution in [3.05, 3.63) is 59.2 Å². The number of ether oxygens (including phenoxy) is 1. The van der Waals surface area contributed by atoms with E-state index in [4.69, 9.17) is 4.74 Å². The van der Waals surface area contributed by atoms with E-state index in [0.29, 0.717) is 12.0 Å². The number of benzene rings is 2. The molecule has 122 valence electrons. The average molecular weight is 321 g/mol. The number of phenolic OH excluding ortho intramolecular Hbond substituents is 1. The fourth-order valence-electron chi connectivity index (χ4n) is 3.96. The lowest BCUT2D eigenvalue weighted by atomic mass is 9.76. The van der Waals surface area contributed by atoms with Crippen molar-refractivity contribution in [3.8, 4) is 11.5 Å². The highest BCUT2D eigenvalue weighted by molar-refractivity contribution is 5.87. The molecule has 0 saturated carbocycles. The Balaban J connectivity index is 1.94. The van der Waals surface area contributed by atoms with Gasteiger partial charge in [-0.15, -0.1) is 0 Å². The van der Waals surface area contributed by atoms with Crippen molar-refractivity contribution in [1.82, 2.24) is 0 Å². The maximum atomic E-state index is 11.5. The van der Waals surface area contributed by atoms with Gasteiger partial charge in [-0.05, 0) is 49.8 Å².